The summed E-state index contributed by atoms with van der Waals surface area (Å²) in [5.41, 5.74) is -0.877. The zero-order valence-corrected chi connectivity index (χ0v) is 14.9. The molecule has 0 saturated heterocycles. The van der Waals surface area contributed by atoms with Crippen LogP contribution in [0, 0.1) is 15.9 Å². The lowest BCUT2D eigenvalue weighted by Crippen LogP contribution is -2.48. The predicted octanol–water partition coefficient (Wildman–Crippen LogP) is 3.27. The molecule has 2 aromatic carbocycles. The third kappa shape index (κ3) is 5.74. The average molecular weight is 413 g/mol. The lowest BCUT2D eigenvalue weighted by Gasteiger charge is -2.24. The molecule has 154 valence electrons. The molecule has 7 nitrogen and oxygen atoms in total. The van der Waals surface area contributed by atoms with Crippen molar-refractivity contribution in [3.05, 3.63) is 75.6 Å². The van der Waals surface area contributed by atoms with E-state index in [4.69, 9.17) is 0 Å². The number of hydrogen-bond acceptors (Lipinski definition) is 4. The standard InChI is InChI=1S/C18H15F4N3O4/c1-10(23-17(27)12-3-2-4-14(9-12)25(28)29)16(26)24-15(18(20,21)22)11-5-7-13(19)8-6-11/h2-10,15H,1H3,(H,23,27)(H,24,26). The van der Waals surface area contributed by atoms with E-state index < -0.39 is 40.8 Å². The van der Waals surface area contributed by atoms with Crippen molar-refractivity contribution in [2.24, 2.45) is 0 Å². The van der Waals surface area contributed by atoms with Crippen molar-refractivity contribution in [2.45, 2.75) is 25.2 Å². The summed E-state index contributed by atoms with van der Waals surface area (Å²) in [5, 5.41) is 14.7. The van der Waals surface area contributed by atoms with E-state index in [2.05, 4.69) is 5.32 Å². The number of nitro groups is 1. The number of nitro benzene ring substituents is 1. The fourth-order valence-corrected chi connectivity index (χ4v) is 2.38. The van der Waals surface area contributed by atoms with Gasteiger partial charge in [-0.05, 0) is 30.7 Å². The molecule has 2 amide bonds. The van der Waals surface area contributed by atoms with Crippen molar-refractivity contribution < 1.29 is 32.1 Å². The van der Waals surface area contributed by atoms with Crippen LogP contribution in [0.25, 0.3) is 0 Å². The Morgan fingerprint density at radius 1 is 1.07 bits per heavy atom. The molecule has 0 fully saturated rings. The highest BCUT2D eigenvalue weighted by Crippen LogP contribution is 2.32. The molecule has 2 unspecified atom stereocenters. The Balaban J connectivity index is 2.11. The molecule has 0 bridgehead atoms. The van der Waals surface area contributed by atoms with E-state index in [1.165, 1.54) is 12.1 Å². The highest BCUT2D eigenvalue weighted by atomic mass is 19.4. The van der Waals surface area contributed by atoms with Crippen molar-refractivity contribution in [1.82, 2.24) is 10.6 Å². The maximum atomic E-state index is 13.3. The molecular formula is C18H15F4N3O4. The van der Waals surface area contributed by atoms with Crippen LogP contribution < -0.4 is 10.6 Å². The number of benzene rings is 2. The number of alkyl halides is 3. The van der Waals surface area contributed by atoms with Gasteiger partial charge in [-0.3, -0.25) is 19.7 Å². The van der Waals surface area contributed by atoms with Crippen molar-refractivity contribution in [1.29, 1.82) is 0 Å². The van der Waals surface area contributed by atoms with Gasteiger partial charge < -0.3 is 10.6 Å². The Kier molecular flexibility index (Phi) is 6.52. The number of nitrogens with one attached hydrogen (secondary N) is 2. The molecule has 11 heteroatoms. The van der Waals surface area contributed by atoms with Gasteiger partial charge in [-0.15, -0.1) is 0 Å². The molecule has 29 heavy (non-hydrogen) atoms. The van der Waals surface area contributed by atoms with E-state index >= 15 is 0 Å². The molecular weight excluding hydrogens is 398 g/mol. The van der Waals surface area contributed by atoms with Crippen LogP contribution in [0.2, 0.25) is 0 Å². The quantitative estimate of drug-likeness (QED) is 0.431. The molecule has 0 aliphatic rings. The maximum Gasteiger partial charge on any atom is 0.412 e. The van der Waals surface area contributed by atoms with Crippen LogP contribution in [-0.2, 0) is 4.79 Å². The highest BCUT2D eigenvalue weighted by molar-refractivity contribution is 5.97. The second kappa shape index (κ2) is 8.67. The monoisotopic (exact) mass is 413 g/mol. The largest absolute Gasteiger partial charge is 0.412 e. The molecule has 2 atom stereocenters. The third-order valence-corrected chi connectivity index (χ3v) is 3.88. The predicted molar refractivity (Wildman–Crippen MR) is 93.4 cm³/mol. The van der Waals surface area contributed by atoms with Gasteiger partial charge in [0, 0.05) is 17.7 Å². The maximum absolute atomic E-state index is 13.3. The minimum atomic E-state index is -4.86. The summed E-state index contributed by atoms with van der Waals surface area (Å²) in [5.74, 6) is -2.75. The van der Waals surface area contributed by atoms with E-state index in [1.807, 2.05) is 0 Å². The number of non-ortho nitro benzene ring substituents is 1. The van der Waals surface area contributed by atoms with Crippen molar-refractivity contribution in [2.75, 3.05) is 0 Å². The first-order chi connectivity index (χ1) is 13.5. The van der Waals surface area contributed by atoms with E-state index in [1.54, 1.807) is 5.32 Å². The van der Waals surface area contributed by atoms with E-state index in [0.717, 1.165) is 43.3 Å². The Morgan fingerprint density at radius 3 is 2.24 bits per heavy atom. The third-order valence-electron chi connectivity index (χ3n) is 3.88. The molecule has 0 aliphatic carbocycles. The summed E-state index contributed by atoms with van der Waals surface area (Å²) in [7, 11) is 0. The van der Waals surface area contributed by atoms with Gasteiger partial charge >= 0.3 is 6.18 Å². The molecule has 0 aliphatic heterocycles. The normalized spacial score (nSPS) is 13.3. The number of amides is 2. The van der Waals surface area contributed by atoms with Crippen LogP contribution in [0.5, 0.6) is 0 Å². The van der Waals surface area contributed by atoms with Gasteiger partial charge in [0.05, 0.1) is 4.92 Å². The molecule has 2 rings (SSSR count). The van der Waals surface area contributed by atoms with Crippen LogP contribution >= 0.6 is 0 Å². The summed E-state index contributed by atoms with van der Waals surface area (Å²) in [6, 6.07) is 4.28. The van der Waals surface area contributed by atoms with Gasteiger partial charge in [-0.1, -0.05) is 18.2 Å². The number of carbonyl (C=O) groups excluding carboxylic acids is 2. The second-order valence-corrected chi connectivity index (χ2v) is 6.04. The molecule has 0 aromatic heterocycles. The second-order valence-electron chi connectivity index (χ2n) is 6.04. The minimum Gasteiger partial charge on any atom is -0.341 e. The molecule has 0 saturated carbocycles. The first-order valence-electron chi connectivity index (χ1n) is 8.17. The molecule has 0 heterocycles. The van der Waals surface area contributed by atoms with Gasteiger partial charge in [-0.2, -0.15) is 13.2 Å². The van der Waals surface area contributed by atoms with Gasteiger partial charge in [-0.25, -0.2) is 4.39 Å². The smallest absolute Gasteiger partial charge is 0.341 e. The van der Waals surface area contributed by atoms with Crippen molar-refractivity contribution in [3.8, 4) is 0 Å². The Morgan fingerprint density at radius 2 is 1.69 bits per heavy atom. The number of halogens is 4. The Hall–Kier alpha value is -3.50. The summed E-state index contributed by atoms with van der Waals surface area (Å²) < 4.78 is 52.9. The molecule has 2 N–H and O–H groups in total. The van der Waals surface area contributed by atoms with Crippen LogP contribution in [0.3, 0.4) is 0 Å². The first kappa shape index (κ1) is 21.8. The number of nitrogens with zero attached hydrogens (tertiary/aromatic N) is 1. The first-order valence-corrected chi connectivity index (χ1v) is 8.17. The molecule has 0 radical (unpaired) electrons. The van der Waals surface area contributed by atoms with Crippen LogP contribution in [0.15, 0.2) is 48.5 Å². The van der Waals surface area contributed by atoms with E-state index in [0.29, 0.717) is 0 Å². The highest BCUT2D eigenvalue weighted by Gasteiger charge is 2.42. The Bertz CT molecular complexity index is 916. The zero-order chi connectivity index (χ0) is 21.8. The van der Waals surface area contributed by atoms with Gasteiger partial charge in [0.1, 0.15) is 11.9 Å². The zero-order valence-electron chi connectivity index (χ0n) is 14.9. The SMILES string of the molecule is CC(NC(=O)c1cccc([N+](=O)[O-])c1)C(=O)NC(c1ccc(F)cc1)C(F)(F)F. The molecule has 0 spiro atoms. The van der Waals surface area contributed by atoms with Gasteiger partial charge in [0.2, 0.25) is 5.91 Å². The summed E-state index contributed by atoms with van der Waals surface area (Å²) in [4.78, 5) is 34.4. The van der Waals surface area contributed by atoms with Crippen LogP contribution in [0.1, 0.15) is 28.9 Å². The van der Waals surface area contributed by atoms with Crippen LogP contribution in [0.4, 0.5) is 23.2 Å². The van der Waals surface area contributed by atoms with Gasteiger partial charge in [0.15, 0.2) is 6.04 Å². The Labute approximate surface area is 161 Å². The number of rotatable bonds is 6. The van der Waals surface area contributed by atoms with Crippen LogP contribution in [-0.4, -0.2) is 29.0 Å². The fraction of sp³-hybridized carbons (Fsp3) is 0.222. The summed E-state index contributed by atoms with van der Waals surface area (Å²) in [6.45, 7) is 1.16. The minimum absolute atomic E-state index is 0.134. The number of carbonyl (C=O) groups is 2. The average Bonchev–Trinajstić information content (AvgIpc) is 2.65. The summed E-state index contributed by atoms with van der Waals surface area (Å²) in [6.07, 6.45) is -4.86. The number of hydrogen-bond donors (Lipinski definition) is 2. The summed E-state index contributed by atoms with van der Waals surface area (Å²) >= 11 is 0. The topological polar surface area (TPSA) is 101 Å². The lowest BCUT2D eigenvalue weighted by atomic mass is 10.1. The van der Waals surface area contributed by atoms with Gasteiger partial charge in [0.25, 0.3) is 11.6 Å². The van der Waals surface area contributed by atoms with E-state index in [9.17, 15) is 37.3 Å². The fourth-order valence-electron chi connectivity index (χ4n) is 2.38. The lowest BCUT2D eigenvalue weighted by molar-refractivity contribution is -0.384. The van der Waals surface area contributed by atoms with E-state index in [-0.39, 0.29) is 16.8 Å². The van der Waals surface area contributed by atoms with Crippen molar-refractivity contribution in [3.63, 3.8) is 0 Å². The molecule has 2 aromatic rings. The van der Waals surface area contributed by atoms with Crippen molar-refractivity contribution >= 4 is 17.5 Å².